The van der Waals surface area contributed by atoms with E-state index in [2.05, 4.69) is 20.9 Å². The number of hydrogen-bond donors (Lipinski definition) is 2. The van der Waals surface area contributed by atoms with E-state index in [1.807, 2.05) is 12.1 Å². The smallest absolute Gasteiger partial charge is 0.223 e. The highest BCUT2D eigenvalue weighted by Crippen LogP contribution is 2.21. The van der Waals surface area contributed by atoms with Crippen LogP contribution in [-0.4, -0.2) is 37.0 Å². The number of carbonyl (C=O) groups is 2. The maximum absolute atomic E-state index is 11.3. The Labute approximate surface area is 117 Å². The van der Waals surface area contributed by atoms with E-state index in [1.165, 1.54) is 27.9 Å². The molecule has 0 aromatic heterocycles. The molecule has 8 heteroatoms. The second kappa shape index (κ2) is 7.19. The van der Waals surface area contributed by atoms with Gasteiger partial charge in [-0.2, -0.15) is 20.8 Å². The number of amides is 2. The first-order valence-corrected chi connectivity index (χ1v) is 5.92. The van der Waals surface area contributed by atoms with Crippen LogP contribution >= 0.6 is 0 Å². The fourth-order valence-corrected chi connectivity index (χ4v) is 1.22. The molecule has 0 radical (unpaired) electrons. The lowest BCUT2D eigenvalue weighted by Gasteiger charge is -2.18. The van der Waals surface area contributed by atoms with Gasteiger partial charge in [-0.1, -0.05) is 0 Å². The van der Waals surface area contributed by atoms with E-state index in [0.29, 0.717) is 0 Å². The highest BCUT2D eigenvalue weighted by molar-refractivity contribution is 5.78. The van der Waals surface area contributed by atoms with Gasteiger partial charge in [0.25, 0.3) is 0 Å². The zero-order valence-corrected chi connectivity index (χ0v) is 12.0. The fraction of sp³-hybridized carbons (Fsp3) is 0.667. The summed E-state index contributed by atoms with van der Waals surface area (Å²) in [7, 11) is 2.89. The van der Waals surface area contributed by atoms with Crippen molar-refractivity contribution in [3.63, 3.8) is 0 Å². The van der Waals surface area contributed by atoms with Crippen LogP contribution in [0, 0.1) is 22.7 Å². The van der Waals surface area contributed by atoms with Crippen molar-refractivity contribution in [3.05, 3.63) is 0 Å². The Morgan fingerprint density at radius 1 is 0.950 bits per heavy atom. The minimum absolute atomic E-state index is 0.176. The molecule has 2 unspecified atom stereocenters. The number of nitrogens with one attached hydrogen (secondary N) is 2. The molecule has 20 heavy (non-hydrogen) atoms. The van der Waals surface area contributed by atoms with Crippen molar-refractivity contribution < 1.29 is 9.59 Å². The van der Waals surface area contributed by atoms with Gasteiger partial charge >= 0.3 is 0 Å². The van der Waals surface area contributed by atoms with Gasteiger partial charge in [-0.3, -0.25) is 9.59 Å². The Morgan fingerprint density at radius 2 is 1.25 bits per heavy atom. The SMILES string of the molecule is CNC(=O)CC(C)(C#N)N=NC(C)(C#N)CC(=O)NC. The number of nitriles is 2. The Kier molecular flexibility index (Phi) is 6.30. The highest BCUT2D eigenvalue weighted by Gasteiger charge is 2.31. The molecule has 2 atom stereocenters. The summed E-state index contributed by atoms with van der Waals surface area (Å²) < 4.78 is 0. The van der Waals surface area contributed by atoms with Gasteiger partial charge in [0.2, 0.25) is 11.8 Å². The van der Waals surface area contributed by atoms with E-state index < -0.39 is 11.1 Å². The first-order valence-electron chi connectivity index (χ1n) is 5.92. The Balaban J connectivity index is 5.12. The molecule has 0 rings (SSSR count). The first kappa shape index (κ1) is 17.5. The summed E-state index contributed by atoms with van der Waals surface area (Å²) in [5, 5.41) is 30.5. The number of rotatable bonds is 6. The molecule has 0 aromatic carbocycles. The maximum Gasteiger partial charge on any atom is 0.223 e. The molecule has 0 spiro atoms. The van der Waals surface area contributed by atoms with Gasteiger partial charge in [-0.15, -0.1) is 0 Å². The maximum atomic E-state index is 11.3. The third-order valence-electron chi connectivity index (χ3n) is 2.54. The topological polar surface area (TPSA) is 130 Å². The van der Waals surface area contributed by atoms with Crippen LogP contribution in [0.2, 0.25) is 0 Å². The molecule has 0 bridgehead atoms. The van der Waals surface area contributed by atoms with Gasteiger partial charge in [0, 0.05) is 14.1 Å². The number of azo groups is 1. The third-order valence-corrected chi connectivity index (χ3v) is 2.54. The number of nitrogens with zero attached hydrogens (tertiary/aromatic N) is 4. The minimum Gasteiger partial charge on any atom is -0.359 e. The van der Waals surface area contributed by atoms with Crippen molar-refractivity contribution in [1.29, 1.82) is 10.5 Å². The summed E-state index contributed by atoms with van der Waals surface area (Å²) in [6.45, 7) is 2.87. The summed E-state index contributed by atoms with van der Waals surface area (Å²) in [6.07, 6.45) is -0.351. The van der Waals surface area contributed by atoms with Crippen molar-refractivity contribution in [2.75, 3.05) is 14.1 Å². The van der Waals surface area contributed by atoms with Gasteiger partial charge in [-0.05, 0) is 13.8 Å². The number of carbonyl (C=O) groups excluding carboxylic acids is 2. The quantitative estimate of drug-likeness (QED) is 0.675. The molecule has 0 aliphatic rings. The van der Waals surface area contributed by atoms with Crippen LogP contribution in [0.25, 0.3) is 0 Å². The predicted octanol–water partition coefficient (Wildman–Crippen LogP) is 0.275. The highest BCUT2D eigenvalue weighted by atomic mass is 16.2. The molecular formula is C12H18N6O2. The first-order chi connectivity index (χ1) is 9.24. The summed E-state index contributed by atoms with van der Waals surface area (Å²) in [6, 6.07) is 3.75. The van der Waals surface area contributed by atoms with Gasteiger partial charge < -0.3 is 10.6 Å². The predicted molar refractivity (Wildman–Crippen MR) is 70.3 cm³/mol. The fourth-order valence-electron chi connectivity index (χ4n) is 1.22. The zero-order valence-electron chi connectivity index (χ0n) is 12.0. The lowest BCUT2D eigenvalue weighted by atomic mass is 9.99. The van der Waals surface area contributed by atoms with Gasteiger partial charge in [-0.25, -0.2) is 0 Å². The van der Waals surface area contributed by atoms with Crippen LogP contribution in [0.1, 0.15) is 26.7 Å². The van der Waals surface area contributed by atoms with E-state index in [9.17, 15) is 9.59 Å². The monoisotopic (exact) mass is 278 g/mol. The van der Waals surface area contributed by atoms with Crippen molar-refractivity contribution in [2.24, 2.45) is 10.2 Å². The molecular weight excluding hydrogens is 260 g/mol. The van der Waals surface area contributed by atoms with Crippen molar-refractivity contribution in [1.82, 2.24) is 10.6 Å². The van der Waals surface area contributed by atoms with Crippen LogP contribution in [-0.2, 0) is 9.59 Å². The molecule has 0 aromatic rings. The molecule has 0 aliphatic carbocycles. The van der Waals surface area contributed by atoms with Crippen LogP contribution in [0.4, 0.5) is 0 Å². The van der Waals surface area contributed by atoms with Crippen LogP contribution in [0.5, 0.6) is 0 Å². The minimum atomic E-state index is -1.37. The second-order valence-electron chi connectivity index (χ2n) is 4.67. The van der Waals surface area contributed by atoms with Gasteiger partial charge in [0.15, 0.2) is 11.1 Å². The van der Waals surface area contributed by atoms with E-state index in [0.717, 1.165) is 0 Å². The van der Waals surface area contributed by atoms with E-state index >= 15 is 0 Å². The largest absolute Gasteiger partial charge is 0.359 e. The van der Waals surface area contributed by atoms with Crippen LogP contribution in [0.15, 0.2) is 10.2 Å². The molecule has 108 valence electrons. The molecule has 0 heterocycles. The van der Waals surface area contributed by atoms with Gasteiger partial charge in [0.1, 0.15) is 0 Å². The van der Waals surface area contributed by atoms with Gasteiger partial charge in [0.05, 0.1) is 25.0 Å². The van der Waals surface area contributed by atoms with Crippen LogP contribution < -0.4 is 10.6 Å². The molecule has 0 saturated carbocycles. The summed E-state index contributed by atoms with van der Waals surface area (Å²) in [5.41, 5.74) is -2.75. The normalized spacial score (nSPS) is 16.3. The molecule has 8 nitrogen and oxygen atoms in total. The average Bonchev–Trinajstić information content (AvgIpc) is 2.45. The summed E-state index contributed by atoms with van der Waals surface area (Å²) >= 11 is 0. The zero-order chi connectivity index (χ0) is 15.8. The van der Waals surface area contributed by atoms with E-state index in [4.69, 9.17) is 10.5 Å². The number of hydrogen-bond acceptors (Lipinski definition) is 6. The third kappa shape index (κ3) is 5.44. The average molecular weight is 278 g/mol. The van der Waals surface area contributed by atoms with E-state index in [-0.39, 0.29) is 24.7 Å². The van der Waals surface area contributed by atoms with Crippen molar-refractivity contribution in [3.8, 4) is 12.1 Å². The molecule has 0 fully saturated rings. The van der Waals surface area contributed by atoms with Crippen molar-refractivity contribution in [2.45, 2.75) is 37.8 Å². The molecule has 2 N–H and O–H groups in total. The Bertz CT molecular complexity index is 445. The summed E-state index contributed by atoms with van der Waals surface area (Å²) in [5.74, 6) is -0.726. The standard InChI is InChI=1S/C12H18N6O2/c1-11(7-13,5-9(19)15-3)17-18-12(2,8-14)6-10(20)16-4/h5-6H2,1-4H3,(H,15,19)(H,16,20). The molecule has 0 saturated heterocycles. The molecule has 2 amide bonds. The Morgan fingerprint density at radius 3 is 1.45 bits per heavy atom. The molecule has 0 aliphatic heterocycles. The lowest BCUT2D eigenvalue weighted by molar-refractivity contribution is -0.122. The van der Waals surface area contributed by atoms with Crippen LogP contribution in [0.3, 0.4) is 0 Å². The van der Waals surface area contributed by atoms with Crippen molar-refractivity contribution >= 4 is 11.8 Å². The lowest BCUT2D eigenvalue weighted by Crippen LogP contribution is -2.33. The Hall–Kier alpha value is -2.48. The summed E-state index contributed by atoms with van der Waals surface area (Å²) in [4.78, 5) is 22.6. The second-order valence-corrected chi connectivity index (χ2v) is 4.67. The van der Waals surface area contributed by atoms with E-state index in [1.54, 1.807) is 0 Å².